The van der Waals surface area contributed by atoms with Gasteiger partial charge in [-0.1, -0.05) is 24.3 Å². The number of hydrogen-bond donors (Lipinski definition) is 4. The summed E-state index contributed by atoms with van der Waals surface area (Å²) in [5.41, 5.74) is 4.02. The molecule has 36 heavy (non-hydrogen) atoms. The maximum Gasteiger partial charge on any atom is 0.339 e. The molecule has 1 saturated heterocycles. The minimum atomic E-state index is -1.02. The third-order valence-electron chi connectivity index (χ3n) is 7.24. The molecule has 0 saturated carbocycles. The Morgan fingerprint density at radius 3 is 2.50 bits per heavy atom. The molecule has 188 valence electrons. The van der Waals surface area contributed by atoms with Crippen molar-refractivity contribution in [3.05, 3.63) is 81.7 Å². The molecule has 1 unspecified atom stereocenters. The van der Waals surface area contributed by atoms with Crippen LogP contribution < -0.4 is 10.6 Å². The van der Waals surface area contributed by atoms with E-state index in [1.165, 1.54) is 22.5 Å². The standard InChI is InChI=1S/C28H30N2O5S/c31-25(19-7-9-22(10-8-19)29-17-28(34)11-13-35-14-12-28)30-26-24(27(32)33)23(16-36-26)21-6-5-18-3-1-2-4-20(18)15-21/h1-4,7-10,16,21,29,34H,5-6,11-15,17H2,(H,30,31)(H,32,33). The number of fused-ring (bicyclic) bond motifs is 1. The quantitative estimate of drug-likeness (QED) is 0.362. The van der Waals surface area contributed by atoms with Crippen LogP contribution in [-0.4, -0.2) is 47.4 Å². The van der Waals surface area contributed by atoms with Crippen molar-refractivity contribution in [1.82, 2.24) is 0 Å². The Morgan fingerprint density at radius 2 is 1.78 bits per heavy atom. The van der Waals surface area contributed by atoms with Crippen molar-refractivity contribution < 1.29 is 24.5 Å². The van der Waals surface area contributed by atoms with Crippen LogP contribution in [0.1, 0.15) is 62.6 Å². The van der Waals surface area contributed by atoms with Gasteiger partial charge in [-0.25, -0.2) is 4.79 Å². The smallest absolute Gasteiger partial charge is 0.339 e. The van der Waals surface area contributed by atoms with Gasteiger partial charge in [0.1, 0.15) is 5.00 Å². The fourth-order valence-corrected chi connectivity index (χ4v) is 6.09. The third-order valence-corrected chi connectivity index (χ3v) is 8.15. The number of anilines is 2. The number of carboxylic acids is 1. The van der Waals surface area contributed by atoms with E-state index in [1.54, 1.807) is 24.3 Å². The van der Waals surface area contributed by atoms with Gasteiger partial charge in [0, 0.05) is 43.9 Å². The average molecular weight is 507 g/mol. The molecule has 1 fully saturated rings. The highest BCUT2D eigenvalue weighted by molar-refractivity contribution is 7.15. The van der Waals surface area contributed by atoms with Gasteiger partial charge in [-0.2, -0.15) is 0 Å². The lowest BCUT2D eigenvalue weighted by molar-refractivity contribution is -0.0543. The van der Waals surface area contributed by atoms with E-state index in [2.05, 4.69) is 22.8 Å². The van der Waals surface area contributed by atoms with E-state index in [4.69, 9.17) is 4.74 Å². The second-order valence-corrected chi connectivity index (χ2v) is 10.5. The molecule has 8 heteroatoms. The zero-order chi connectivity index (χ0) is 25.1. The fourth-order valence-electron chi connectivity index (χ4n) is 5.06. The molecule has 2 aliphatic rings. The van der Waals surface area contributed by atoms with E-state index in [9.17, 15) is 19.8 Å². The lowest BCUT2D eigenvalue weighted by Gasteiger charge is -2.32. The first-order valence-corrected chi connectivity index (χ1v) is 13.2. The first kappa shape index (κ1) is 24.5. The van der Waals surface area contributed by atoms with Crippen molar-refractivity contribution in [2.24, 2.45) is 0 Å². The number of carbonyl (C=O) groups is 2. The van der Waals surface area contributed by atoms with Gasteiger partial charge in [0.2, 0.25) is 0 Å². The average Bonchev–Trinajstić information content (AvgIpc) is 3.32. The predicted molar refractivity (Wildman–Crippen MR) is 140 cm³/mol. The molecular formula is C28H30N2O5S. The number of aromatic carboxylic acids is 1. The number of thiophene rings is 1. The topological polar surface area (TPSA) is 108 Å². The minimum Gasteiger partial charge on any atom is -0.478 e. The Bertz CT molecular complexity index is 1250. The summed E-state index contributed by atoms with van der Waals surface area (Å²) in [5, 5.41) is 28.9. The fraction of sp³-hybridized carbons (Fsp3) is 0.357. The molecule has 1 aliphatic heterocycles. The summed E-state index contributed by atoms with van der Waals surface area (Å²) in [4.78, 5) is 25.1. The minimum absolute atomic E-state index is 0.115. The van der Waals surface area contributed by atoms with Crippen molar-refractivity contribution in [2.75, 3.05) is 30.4 Å². The normalized spacial score (nSPS) is 18.8. The number of aryl methyl sites for hydroxylation is 1. The maximum atomic E-state index is 12.9. The van der Waals surface area contributed by atoms with Crippen LogP contribution in [0, 0.1) is 0 Å². The summed E-state index contributed by atoms with van der Waals surface area (Å²) in [5.74, 6) is -1.26. The first-order chi connectivity index (χ1) is 17.4. The Kier molecular flexibility index (Phi) is 7.09. The molecule has 7 nitrogen and oxygen atoms in total. The van der Waals surface area contributed by atoms with Gasteiger partial charge in [-0.05, 0) is 71.5 Å². The van der Waals surface area contributed by atoms with Gasteiger partial charge in [-0.15, -0.1) is 11.3 Å². The van der Waals surface area contributed by atoms with E-state index in [0.29, 0.717) is 43.2 Å². The van der Waals surface area contributed by atoms with Crippen molar-refractivity contribution in [3.63, 3.8) is 0 Å². The first-order valence-electron chi connectivity index (χ1n) is 12.3. The van der Waals surface area contributed by atoms with Crippen LogP contribution in [0.3, 0.4) is 0 Å². The van der Waals surface area contributed by atoms with Gasteiger partial charge in [0.15, 0.2) is 0 Å². The summed E-state index contributed by atoms with van der Waals surface area (Å²) < 4.78 is 5.31. The van der Waals surface area contributed by atoms with Crippen molar-refractivity contribution in [3.8, 4) is 0 Å². The highest BCUT2D eigenvalue weighted by Crippen LogP contribution is 2.40. The molecule has 5 rings (SSSR count). The number of rotatable bonds is 7. The van der Waals surface area contributed by atoms with Crippen molar-refractivity contribution in [2.45, 2.75) is 43.6 Å². The summed E-state index contributed by atoms with van der Waals surface area (Å²) >= 11 is 1.27. The van der Waals surface area contributed by atoms with E-state index in [0.717, 1.165) is 30.5 Å². The van der Waals surface area contributed by atoms with Gasteiger partial charge in [0.25, 0.3) is 5.91 Å². The summed E-state index contributed by atoms with van der Waals surface area (Å²) in [6, 6.07) is 15.3. The summed E-state index contributed by atoms with van der Waals surface area (Å²) in [7, 11) is 0. The largest absolute Gasteiger partial charge is 0.478 e. The zero-order valence-corrected chi connectivity index (χ0v) is 20.8. The highest BCUT2D eigenvalue weighted by Gasteiger charge is 2.30. The number of amides is 1. The molecule has 2 heterocycles. The Hall–Kier alpha value is -3.20. The van der Waals surface area contributed by atoms with Crippen LogP contribution in [0.25, 0.3) is 0 Å². The second kappa shape index (κ2) is 10.4. The van der Waals surface area contributed by atoms with Crippen LogP contribution in [-0.2, 0) is 17.6 Å². The number of nitrogens with one attached hydrogen (secondary N) is 2. The van der Waals surface area contributed by atoms with Crippen LogP contribution in [0.5, 0.6) is 0 Å². The molecule has 2 aromatic carbocycles. The number of ether oxygens (including phenoxy) is 1. The van der Waals surface area contributed by atoms with Crippen LogP contribution in [0.4, 0.5) is 10.7 Å². The maximum absolute atomic E-state index is 12.9. The highest BCUT2D eigenvalue weighted by atomic mass is 32.1. The third kappa shape index (κ3) is 5.31. The van der Waals surface area contributed by atoms with Gasteiger partial charge < -0.3 is 25.6 Å². The second-order valence-electron chi connectivity index (χ2n) is 9.63. The zero-order valence-electron chi connectivity index (χ0n) is 20.0. The number of carbonyl (C=O) groups excluding carboxylic acids is 1. The molecular weight excluding hydrogens is 476 g/mol. The van der Waals surface area contributed by atoms with E-state index >= 15 is 0 Å². The lowest BCUT2D eigenvalue weighted by Crippen LogP contribution is -2.42. The summed E-state index contributed by atoms with van der Waals surface area (Å²) in [6.07, 6.45) is 3.78. The lowest BCUT2D eigenvalue weighted by atomic mass is 9.80. The van der Waals surface area contributed by atoms with E-state index < -0.39 is 11.6 Å². The van der Waals surface area contributed by atoms with Gasteiger partial charge in [-0.3, -0.25) is 4.79 Å². The number of hydrogen-bond acceptors (Lipinski definition) is 6. The Morgan fingerprint density at radius 1 is 1.06 bits per heavy atom. The van der Waals surface area contributed by atoms with Crippen LogP contribution in [0.2, 0.25) is 0 Å². The molecule has 3 aromatic rings. The molecule has 0 bridgehead atoms. The number of benzene rings is 2. The SMILES string of the molecule is O=C(Nc1scc(C2CCc3ccccc3C2)c1C(=O)O)c1ccc(NCC2(O)CCOCC2)cc1. The molecule has 1 atom stereocenters. The number of carboxylic acid groups (broad SMARTS) is 1. The Balaban J connectivity index is 1.26. The van der Waals surface area contributed by atoms with Crippen LogP contribution >= 0.6 is 11.3 Å². The van der Waals surface area contributed by atoms with Gasteiger partial charge >= 0.3 is 5.97 Å². The predicted octanol–water partition coefficient (Wildman–Crippen LogP) is 4.92. The number of aliphatic hydroxyl groups is 1. The van der Waals surface area contributed by atoms with E-state index in [1.807, 2.05) is 17.5 Å². The molecule has 1 aromatic heterocycles. The molecule has 0 radical (unpaired) electrons. The molecule has 1 amide bonds. The monoisotopic (exact) mass is 506 g/mol. The van der Waals surface area contributed by atoms with Crippen molar-refractivity contribution >= 4 is 33.9 Å². The van der Waals surface area contributed by atoms with E-state index in [-0.39, 0.29) is 17.4 Å². The van der Waals surface area contributed by atoms with Crippen LogP contribution in [0.15, 0.2) is 53.9 Å². The molecule has 4 N–H and O–H groups in total. The Labute approximate surface area is 214 Å². The molecule has 1 aliphatic carbocycles. The van der Waals surface area contributed by atoms with Gasteiger partial charge in [0.05, 0.1) is 11.2 Å². The van der Waals surface area contributed by atoms with Crippen molar-refractivity contribution in [1.29, 1.82) is 0 Å². The molecule has 0 spiro atoms. The summed E-state index contributed by atoms with van der Waals surface area (Å²) in [6.45, 7) is 1.51.